The third kappa shape index (κ3) is 79.5. The van der Waals surface area contributed by atoms with E-state index in [0.29, 0.717) is 64.8 Å². The number of rotatable bonds is 78. The van der Waals surface area contributed by atoms with Gasteiger partial charge in [-0.15, -0.1) is 0 Å². The summed E-state index contributed by atoms with van der Waals surface area (Å²) in [5, 5.41) is 0. The van der Waals surface area contributed by atoms with E-state index in [9.17, 15) is 19.2 Å². The summed E-state index contributed by atoms with van der Waals surface area (Å²) in [7, 11) is 0. The van der Waals surface area contributed by atoms with Crippen molar-refractivity contribution >= 4 is 23.9 Å². The van der Waals surface area contributed by atoms with E-state index in [1.807, 2.05) is 0 Å². The van der Waals surface area contributed by atoms with Crippen molar-refractivity contribution in [2.45, 2.75) is 368 Å². The topological polar surface area (TPSA) is 112 Å². The zero-order valence-corrected chi connectivity index (χ0v) is 69.8. The van der Waals surface area contributed by atoms with Gasteiger partial charge in [0.1, 0.15) is 12.2 Å². The first-order valence-corrected chi connectivity index (χ1v) is 44.0. The van der Waals surface area contributed by atoms with Crippen LogP contribution in [0.25, 0.3) is 0 Å². The van der Waals surface area contributed by atoms with Crippen LogP contribution in [0.15, 0.2) is 170 Å². The molecule has 0 saturated heterocycles. The summed E-state index contributed by atoms with van der Waals surface area (Å²) in [6.45, 7) is 19.4. The van der Waals surface area contributed by atoms with E-state index < -0.39 is 0 Å². The Morgan fingerprint density at radius 3 is 0.841 bits per heavy atom. The summed E-state index contributed by atoms with van der Waals surface area (Å²) in [5.74, 6) is -0.511. The minimum Gasteiger partial charge on any atom is -0.466 e. The van der Waals surface area contributed by atoms with Gasteiger partial charge in [0.15, 0.2) is 0 Å². The minimum absolute atomic E-state index is 0.0544. The Labute approximate surface area is 659 Å². The molecular weight excluding hydrogens is 1320 g/mol. The number of ether oxygens (including phenoxy) is 4. The molecule has 0 radical (unpaired) electrons. The van der Waals surface area contributed by atoms with Gasteiger partial charge in [-0.05, 0) is 200 Å². The van der Waals surface area contributed by atoms with Crippen LogP contribution in [0.4, 0.5) is 0 Å². The zero-order valence-electron chi connectivity index (χ0n) is 69.8. The fraction of sp³-hybridized carbons (Fsp3) is 0.670. The van der Waals surface area contributed by atoms with Crippen LogP contribution >= 0.6 is 0 Å². The van der Waals surface area contributed by atoms with Crippen LogP contribution in [0, 0.1) is 0 Å². The third-order valence-corrected chi connectivity index (χ3v) is 18.6. The molecule has 0 bridgehead atoms. The normalized spacial score (nSPS) is 13.3. The third-order valence-electron chi connectivity index (χ3n) is 18.6. The number of unbranched alkanes of at least 4 members (excludes halogenated alkanes) is 20. The Kier molecular flexibility index (Phi) is 81.1. The predicted molar refractivity (Wildman–Crippen MR) is 463 cm³/mol. The molecule has 10 heteroatoms. The van der Waals surface area contributed by atoms with Crippen molar-refractivity contribution in [1.29, 1.82) is 0 Å². The molecule has 0 aromatic heterocycles. The van der Waals surface area contributed by atoms with Crippen LogP contribution in [-0.4, -0.2) is 98.4 Å². The maximum atomic E-state index is 13.0. The second kappa shape index (κ2) is 85.8. The number of esters is 4. The number of carbonyl (C=O) groups excluding carboxylic acids is 4. The van der Waals surface area contributed by atoms with Crippen molar-refractivity contribution in [3.8, 4) is 0 Å². The first kappa shape index (κ1) is 101. The maximum Gasteiger partial charge on any atom is 0.307 e. The van der Waals surface area contributed by atoms with Crippen LogP contribution < -0.4 is 0 Å². The molecular formula is C97H162N2O8. The van der Waals surface area contributed by atoms with Crippen molar-refractivity contribution in [3.63, 3.8) is 0 Å². The molecule has 0 aromatic carbocycles. The van der Waals surface area contributed by atoms with Gasteiger partial charge in [0.25, 0.3) is 0 Å². The number of hydrogen-bond acceptors (Lipinski definition) is 10. The smallest absolute Gasteiger partial charge is 0.307 e. The largest absolute Gasteiger partial charge is 0.466 e. The molecule has 0 aliphatic heterocycles. The lowest BCUT2D eigenvalue weighted by Gasteiger charge is -2.25. The summed E-state index contributed by atoms with van der Waals surface area (Å²) in [6.07, 6.45) is 110. The van der Waals surface area contributed by atoms with Crippen molar-refractivity contribution in [1.82, 2.24) is 9.80 Å². The Bertz CT molecular complexity index is 2290. The van der Waals surface area contributed by atoms with Gasteiger partial charge in [0, 0.05) is 38.8 Å². The van der Waals surface area contributed by atoms with Crippen molar-refractivity contribution in [2.75, 3.05) is 52.5 Å². The summed E-state index contributed by atoms with van der Waals surface area (Å²) < 4.78 is 23.5. The fourth-order valence-corrected chi connectivity index (χ4v) is 12.1. The van der Waals surface area contributed by atoms with Gasteiger partial charge in [-0.25, -0.2) is 0 Å². The van der Waals surface area contributed by atoms with E-state index in [4.69, 9.17) is 18.9 Å². The van der Waals surface area contributed by atoms with Gasteiger partial charge < -0.3 is 28.7 Å². The molecule has 0 saturated carbocycles. The molecule has 0 amide bonds. The standard InChI is InChI=1S/C97H162N2O8/c1-7-13-19-23-25-27-29-31-33-35-37-39-41-43-45-51-57-63-71-80-96(102)106-92(76-67-21-15-9-3)78-69-61-55-49-47-53-59-65-73-90-104-94(100)82-88-99(87-75-86-98(84-17-11-5)85-18-12-6)89-83-95(101)105-91-74-66-60-54-48-50-56-62-70-79-93(77-68-22-16-10-4)107-97(103)81-72-64-58-52-46-44-42-40-38-36-34-32-30-28-26-24-20-14-8-2/h13-14,19-20,25-28,31-34,37-40,43-46,57-58,61-64,69-70,92-93H,7-12,15-18,21-24,29-30,35-36,41-42,47-56,59-60,65-68,71-91H2,1-6H3/b19-13-,20-14-,27-25-,28-26-,33-31-,34-32-,39-37-,40-38-,45-43-,46-44-,63-57-,64-58-,69-61-,70-62-. The van der Waals surface area contributed by atoms with E-state index in [0.717, 1.165) is 212 Å². The second-order valence-corrected chi connectivity index (χ2v) is 28.7. The molecule has 608 valence electrons. The highest BCUT2D eigenvalue weighted by molar-refractivity contribution is 5.71. The van der Waals surface area contributed by atoms with E-state index >= 15 is 0 Å². The Morgan fingerprint density at radius 1 is 0.243 bits per heavy atom. The molecule has 0 aliphatic rings. The summed E-state index contributed by atoms with van der Waals surface area (Å²) in [6, 6.07) is 0. The SMILES string of the molecule is CC/C=C\C/C=C\C/C=C\C/C=C\C/C=C\C/C=C\CCC(=O)OC(C/C=C\CCCCCCCCOC(=O)CCN(CCCN(CCCC)CCCC)CCC(=O)OCCCCCCCC/C=C\CC(CCCCCC)OC(=O)CC/C=C\C/C=C\C/C=C\C/C=C\C/C=C\C/C=C\CC)CCCCCC. The van der Waals surface area contributed by atoms with E-state index in [1.165, 1.54) is 89.9 Å². The van der Waals surface area contributed by atoms with Crippen LogP contribution in [0.5, 0.6) is 0 Å². The Hall–Kier alpha value is -5.84. The van der Waals surface area contributed by atoms with Crippen molar-refractivity contribution in [2.24, 2.45) is 0 Å². The molecule has 0 aliphatic carbocycles. The van der Waals surface area contributed by atoms with Gasteiger partial charge in [0.2, 0.25) is 0 Å². The molecule has 2 atom stereocenters. The van der Waals surface area contributed by atoms with Gasteiger partial charge in [0.05, 0.1) is 26.1 Å². The van der Waals surface area contributed by atoms with Gasteiger partial charge >= 0.3 is 23.9 Å². The Balaban J connectivity index is 4.65. The molecule has 0 fully saturated rings. The van der Waals surface area contributed by atoms with E-state index in [-0.39, 0.29) is 36.1 Å². The highest BCUT2D eigenvalue weighted by Crippen LogP contribution is 2.18. The predicted octanol–water partition coefficient (Wildman–Crippen LogP) is 27.5. The second-order valence-electron chi connectivity index (χ2n) is 28.7. The number of hydrogen-bond donors (Lipinski definition) is 0. The van der Waals surface area contributed by atoms with Crippen LogP contribution in [0.1, 0.15) is 356 Å². The fourth-order valence-electron chi connectivity index (χ4n) is 12.1. The van der Waals surface area contributed by atoms with Crippen LogP contribution in [-0.2, 0) is 38.1 Å². The lowest BCUT2D eigenvalue weighted by atomic mass is 10.1. The zero-order chi connectivity index (χ0) is 77.6. The lowest BCUT2D eigenvalue weighted by Crippen LogP contribution is -2.34. The lowest BCUT2D eigenvalue weighted by molar-refractivity contribution is -0.150. The first-order valence-electron chi connectivity index (χ1n) is 44.0. The highest BCUT2D eigenvalue weighted by Gasteiger charge is 2.16. The molecule has 0 heterocycles. The monoisotopic (exact) mass is 1480 g/mol. The quantitative estimate of drug-likeness (QED) is 0.0253. The molecule has 107 heavy (non-hydrogen) atoms. The molecule has 0 N–H and O–H groups in total. The van der Waals surface area contributed by atoms with Crippen LogP contribution in [0.2, 0.25) is 0 Å². The molecule has 0 aromatic rings. The molecule has 0 rings (SSSR count). The molecule has 2 unspecified atom stereocenters. The van der Waals surface area contributed by atoms with Crippen molar-refractivity contribution in [3.05, 3.63) is 170 Å². The maximum absolute atomic E-state index is 13.0. The summed E-state index contributed by atoms with van der Waals surface area (Å²) >= 11 is 0. The van der Waals surface area contributed by atoms with Gasteiger partial charge in [-0.1, -0.05) is 314 Å². The summed E-state index contributed by atoms with van der Waals surface area (Å²) in [5.41, 5.74) is 0. The van der Waals surface area contributed by atoms with Gasteiger partial charge in [-0.3, -0.25) is 19.2 Å². The molecule has 0 spiro atoms. The Morgan fingerprint density at radius 2 is 0.514 bits per heavy atom. The molecule has 10 nitrogen and oxygen atoms in total. The van der Waals surface area contributed by atoms with Crippen molar-refractivity contribution < 1.29 is 38.1 Å². The van der Waals surface area contributed by atoms with Crippen LogP contribution in [0.3, 0.4) is 0 Å². The average molecular weight is 1480 g/mol. The number of carbonyl (C=O) groups is 4. The van der Waals surface area contributed by atoms with Gasteiger partial charge in [-0.2, -0.15) is 0 Å². The van der Waals surface area contributed by atoms with E-state index in [1.54, 1.807) is 0 Å². The first-order chi connectivity index (χ1) is 52.7. The number of allylic oxidation sites excluding steroid dienone is 26. The summed E-state index contributed by atoms with van der Waals surface area (Å²) in [4.78, 5) is 56.6. The minimum atomic E-state index is -0.159. The highest BCUT2D eigenvalue weighted by atomic mass is 16.6. The average Bonchev–Trinajstić information content (AvgIpc) is 1.22. The van der Waals surface area contributed by atoms with E-state index in [2.05, 4.69) is 221 Å². The number of nitrogens with zero attached hydrogens (tertiary/aromatic N) is 2.